The van der Waals surface area contributed by atoms with Crippen LogP contribution in [0.2, 0.25) is 5.02 Å². The lowest BCUT2D eigenvalue weighted by Gasteiger charge is -2.15. The van der Waals surface area contributed by atoms with Gasteiger partial charge in [-0.1, -0.05) is 47.4 Å². The lowest BCUT2D eigenvalue weighted by atomic mass is 9.97. The van der Waals surface area contributed by atoms with Gasteiger partial charge in [0.2, 0.25) is 0 Å². The molecule has 0 bridgehead atoms. The van der Waals surface area contributed by atoms with Crippen molar-refractivity contribution in [2.75, 3.05) is 6.54 Å². The molecule has 1 atom stereocenters. The Labute approximate surface area is 127 Å². The molecule has 0 heterocycles. The van der Waals surface area contributed by atoms with Crippen LogP contribution in [0.5, 0.6) is 0 Å². The fraction of sp³-hybridized carbons (Fsp3) is 0.500. The second-order valence-corrected chi connectivity index (χ2v) is 6.32. The number of carboxylic acids is 1. The molecule has 0 aromatic heterocycles. The molecule has 0 fully saturated rings. The van der Waals surface area contributed by atoms with Crippen LogP contribution in [0.1, 0.15) is 25.8 Å². The summed E-state index contributed by atoms with van der Waals surface area (Å²) in [5, 5.41) is 13.0. The molecular weight excluding hydrogens is 330 g/mol. The first-order valence-electron chi connectivity index (χ1n) is 6.27. The molecule has 3 nitrogen and oxygen atoms in total. The predicted octanol–water partition coefficient (Wildman–Crippen LogP) is 3.94. The van der Waals surface area contributed by atoms with Gasteiger partial charge >= 0.3 is 5.97 Å². The molecule has 2 N–H and O–H groups in total. The van der Waals surface area contributed by atoms with E-state index >= 15 is 0 Å². The van der Waals surface area contributed by atoms with Crippen LogP contribution in [0.3, 0.4) is 0 Å². The Balaban J connectivity index is 2.49. The van der Waals surface area contributed by atoms with Crippen LogP contribution >= 0.6 is 27.5 Å². The van der Waals surface area contributed by atoms with Crippen molar-refractivity contribution in [3.8, 4) is 0 Å². The zero-order valence-electron chi connectivity index (χ0n) is 11.1. The number of carbonyl (C=O) groups is 1. The van der Waals surface area contributed by atoms with E-state index in [1.54, 1.807) is 0 Å². The van der Waals surface area contributed by atoms with Crippen LogP contribution in [-0.4, -0.2) is 17.6 Å². The van der Waals surface area contributed by atoms with Gasteiger partial charge < -0.3 is 10.4 Å². The second-order valence-electron chi connectivity index (χ2n) is 5.03. The van der Waals surface area contributed by atoms with Gasteiger partial charge in [-0.2, -0.15) is 0 Å². The summed E-state index contributed by atoms with van der Waals surface area (Å²) in [6, 6.07) is 5.59. The summed E-state index contributed by atoms with van der Waals surface area (Å²) >= 11 is 9.31. The highest BCUT2D eigenvalue weighted by Gasteiger charge is 2.18. The molecule has 0 aliphatic heterocycles. The Morgan fingerprint density at radius 3 is 2.68 bits per heavy atom. The highest BCUT2D eigenvalue weighted by Crippen LogP contribution is 2.21. The molecule has 0 aliphatic rings. The molecule has 1 rings (SSSR count). The van der Waals surface area contributed by atoms with Gasteiger partial charge in [0.1, 0.15) is 0 Å². The fourth-order valence-electron chi connectivity index (χ4n) is 1.89. The van der Waals surface area contributed by atoms with E-state index in [2.05, 4.69) is 21.2 Å². The van der Waals surface area contributed by atoms with Gasteiger partial charge in [0.05, 0.1) is 5.92 Å². The molecule has 0 spiro atoms. The van der Waals surface area contributed by atoms with Gasteiger partial charge in [-0.05, 0) is 30.0 Å². The number of carboxylic acid groups (broad SMARTS) is 1. The summed E-state index contributed by atoms with van der Waals surface area (Å²) in [6.45, 7) is 5.17. The fourth-order valence-corrected chi connectivity index (χ4v) is 2.71. The molecule has 5 heteroatoms. The van der Waals surface area contributed by atoms with E-state index < -0.39 is 5.97 Å². The predicted molar refractivity (Wildman–Crippen MR) is 81.4 cm³/mol. The molecule has 1 unspecified atom stereocenters. The number of aliphatic carboxylic acids is 1. The Morgan fingerprint density at radius 2 is 2.16 bits per heavy atom. The molecule has 0 radical (unpaired) electrons. The van der Waals surface area contributed by atoms with Crippen molar-refractivity contribution in [1.82, 2.24) is 5.32 Å². The Kier molecular flexibility index (Phi) is 6.83. The monoisotopic (exact) mass is 347 g/mol. The lowest BCUT2D eigenvalue weighted by Crippen LogP contribution is -2.29. The van der Waals surface area contributed by atoms with Crippen molar-refractivity contribution in [1.29, 1.82) is 0 Å². The van der Waals surface area contributed by atoms with E-state index in [9.17, 15) is 4.79 Å². The first-order chi connectivity index (χ1) is 8.90. The van der Waals surface area contributed by atoms with Gasteiger partial charge in [-0.25, -0.2) is 0 Å². The molecule has 0 aliphatic carbocycles. The Morgan fingerprint density at radius 1 is 1.47 bits per heavy atom. The standard InChI is InChI=1S/C14H19BrClNO2/c1-9(2)5-11(14(18)19)8-17-7-10-3-4-12(16)6-13(10)15/h3-4,6,9,11,17H,5,7-8H2,1-2H3,(H,18,19). The van der Waals surface area contributed by atoms with Crippen LogP contribution in [0, 0.1) is 11.8 Å². The minimum absolute atomic E-state index is 0.342. The van der Waals surface area contributed by atoms with Gasteiger partial charge in [0.25, 0.3) is 0 Å². The number of rotatable bonds is 7. The number of benzene rings is 1. The molecule has 0 saturated heterocycles. The van der Waals surface area contributed by atoms with Crippen LogP contribution in [0.4, 0.5) is 0 Å². The average Bonchev–Trinajstić information content (AvgIpc) is 2.29. The van der Waals surface area contributed by atoms with Crippen LogP contribution in [0.25, 0.3) is 0 Å². The zero-order chi connectivity index (χ0) is 14.4. The van der Waals surface area contributed by atoms with Crippen molar-refractivity contribution in [2.24, 2.45) is 11.8 Å². The molecule has 106 valence electrons. The maximum atomic E-state index is 11.1. The maximum absolute atomic E-state index is 11.1. The largest absolute Gasteiger partial charge is 0.481 e. The number of hydrogen-bond donors (Lipinski definition) is 2. The van der Waals surface area contributed by atoms with Gasteiger partial charge in [0.15, 0.2) is 0 Å². The normalized spacial score (nSPS) is 12.7. The quantitative estimate of drug-likeness (QED) is 0.784. The summed E-state index contributed by atoms with van der Waals surface area (Å²) in [4.78, 5) is 11.1. The first kappa shape index (κ1) is 16.5. The smallest absolute Gasteiger partial charge is 0.307 e. The highest BCUT2D eigenvalue weighted by molar-refractivity contribution is 9.10. The van der Waals surface area contributed by atoms with Gasteiger partial charge in [-0.3, -0.25) is 4.79 Å². The number of nitrogens with one attached hydrogen (secondary N) is 1. The molecule has 0 saturated carbocycles. The highest BCUT2D eigenvalue weighted by atomic mass is 79.9. The molecule has 0 amide bonds. The van der Waals surface area contributed by atoms with E-state index in [1.807, 2.05) is 32.0 Å². The Hall–Kier alpha value is -0.580. The molecule has 1 aromatic carbocycles. The van der Waals surface area contributed by atoms with Crippen molar-refractivity contribution in [3.05, 3.63) is 33.3 Å². The molecular formula is C14H19BrClNO2. The summed E-state index contributed by atoms with van der Waals surface area (Å²) in [7, 11) is 0. The lowest BCUT2D eigenvalue weighted by molar-refractivity contribution is -0.142. The van der Waals surface area contributed by atoms with E-state index in [1.165, 1.54) is 0 Å². The minimum Gasteiger partial charge on any atom is -0.481 e. The van der Waals surface area contributed by atoms with Crippen molar-refractivity contribution < 1.29 is 9.90 Å². The third kappa shape index (κ3) is 5.93. The molecule has 1 aromatic rings. The van der Waals surface area contributed by atoms with Crippen LogP contribution < -0.4 is 5.32 Å². The summed E-state index contributed by atoms with van der Waals surface area (Å²) < 4.78 is 0.934. The van der Waals surface area contributed by atoms with Crippen molar-refractivity contribution in [2.45, 2.75) is 26.8 Å². The third-order valence-electron chi connectivity index (χ3n) is 2.83. The molecule has 19 heavy (non-hydrogen) atoms. The first-order valence-corrected chi connectivity index (χ1v) is 7.44. The van der Waals surface area contributed by atoms with Crippen LogP contribution in [-0.2, 0) is 11.3 Å². The van der Waals surface area contributed by atoms with Gasteiger partial charge in [-0.15, -0.1) is 0 Å². The van der Waals surface area contributed by atoms with E-state index in [0.29, 0.717) is 30.5 Å². The SMILES string of the molecule is CC(C)CC(CNCc1ccc(Cl)cc1Br)C(=O)O. The van der Waals surface area contributed by atoms with E-state index in [4.69, 9.17) is 16.7 Å². The minimum atomic E-state index is -0.739. The second kappa shape index (κ2) is 7.88. The zero-order valence-corrected chi connectivity index (χ0v) is 13.5. The van der Waals surface area contributed by atoms with Crippen LogP contribution in [0.15, 0.2) is 22.7 Å². The summed E-state index contributed by atoms with van der Waals surface area (Å²) in [5.74, 6) is -0.701. The van der Waals surface area contributed by atoms with Crippen molar-refractivity contribution >= 4 is 33.5 Å². The van der Waals surface area contributed by atoms with E-state index in [0.717, 1.165) is 10.0 Å². The maximum Gasteiger partial charge on any atom is 0.307 e. The topological polar surface area (TPSA) is 49.3 Å². The summed E-state index contributed by atoms with van der Waals surface area (Å²) in [5.41, 5.74) is 1.07. The third-order valence-corrected chi connectivity index (χ3v) is 3.80. The van der Waals surface area contributed by atoms with Crippen molar-refractivity contribution in [3.63, 3.8) is 0 Å². The Bertz CT molecular complexity index is 437. The average molecular weight is 349 g/mol. The van der Waals surface area contributed by atoms with E-state index in [-0.39, 0.29) is 5.92 Å². The van der Waals surface area contributed by atoms with Gasteiger partial charge in [0, 0.05) is 22.6 Å². The number of hydrogen-bond acceptors (Lipinski definition) is 2. The summed E-state index contributed by atoms with van der Waals surface area (Å²) in [6.07, 6.45) is 0.685. The number of halogens is 2.